The number of carbonyl (C=O) groups is 1. The molecular formula is C23H23BrN4O7. The number of aromatic nitrogens is 2. The molecule has 0 spiro atoms. The highest BCUT2D eigenvalue weighted by atomic mass is 79.9. The maximum atomic E-state index is 13.1. The molecule has 12 heteroatoms. The molecule has 0 aliphatic heterocycles. The van der Waals surface area contributed by atoms with Gasteiger partial charge < -0.3 is 14.2 Å². The first-order chi connectivity index (χ1) is 16.7. The molecule has 0 fully saturated rings. The van der Waals surface area contributed by atoms with Crippen molar-refractivity contribution in [3.63, 3.8) is 0 Å². The summed E-state index contributed by atoms with van der Waals surface area (Å²) < 4.78 is 17.6. The van der Waals surface area contributed by atoms with Gasteiger partial charge in [0.15, 0.2) is 11.9 Å². The molecule has 0 amide bonds. The second kappa shape index (κ2) is 11.1. The van der Waals surface area contributed by atoms with Gasteiger partial charge in [0.1, 0.15) is 5.82 Å². The highest BCUT2D eigenvalue weighted by Gasteiger charge is 2.27. The van der Waals surface area contributed by atoms with Crippen molar-refractivity contribution in [1.82, 2.24) is 9.66 Å². The van der Waals surface area contributed by atoms with Gasteiger partial charge in [-0.2, -0.15) is 9.78 Å². The molecule has 3 aromatic rings. The lowest BCUT2D eigenvalue weighted by Gasteiger charge is -2.16. The van der Waals surface area contributed by atoms with Crippen molar-refractivity contribution in [2.24, 2.45) is 5.10 Å². The maximum absolute atomic E-state index is 13.1. The van der Waals surface area contributed by atoms with Gasteiger partial charge in [0, 0.05) is 22.5 Å². The molecule has 1 heterocycles. The summed E-state index contributed by atoms with van der Waals surface area (Å²) in [5.74, 6) is -0.445. The minimum absolute atomic E-state index is 0.0440. The third kappa shape index (κ3) is 5.65. The summed E-state index contributed by atoms with van der Waals surface area (Å²) in [5, 5.41) is 16.4. The second-order valence-corrected chi connectivity index (χ2v) is 8.16. The number of hydrogen-bond donors (Lipinski definition) is 0. The third-order valence-corrected chi connectivity index (χ3v) is 5.39. The fourth-order valence-electron chi connectivity index (χ4n) is 3.26. The fourth-order valence-corrected chi connectivity index (χ4v) is 3.62. The number of benzene rings is 2. The standard InChI is InChI=1S/C23H23BrN4O7/c1-5-20-26-17-8-7-15(24)11-16(17)22(29)27(20)25-12-14-9-18(28(31)32)21(19(10-14)34-6-2)35-13(3)23(30)33-4/h7-13H,5-6H2,1-4H3/t13-/m0/s1. The Morgan fingerprint density at radius 3 is 2.69 bits per heavy atom. The average Bonchev–Trinajstić information content (AvgIpc) is 2.84. The van der Waals surface area contributed by atoms with Crippen molar-refractivity contribution in [2.75, 3.05) is 13.7 Å². The van der Waals surface area contributed by atoms with Crippen molar-refractivity contribution in [2.45, 2.75) is 33.3 Å². The van der Waals surface area contributed by atoms with Gasteiger partial charge in [-0.25, -0.2) is 9.78 Å². The molecule has 0 N–H and O–H groups in total. The molecule has 11 nitrogen and oxygen atoms in total. The summed E-state index contributed by atoms with van der Waals surface area (Å²) in [6, 6.07) is 7.87. The van der Waals surface area contributed by atoms with E-state index in [1.165, 1.54) is 32.4 Å². The largest absolute Gasteiger partial charge is 0.490 e. The number of esters is 1. The number of carbonyl (C=O) groups excluding carboxylic acids is 1. The minimum Gasteiger partial charge on any atom is -0.490 e. The molecule has 35 heavy (non-hydrogen) atoms. The van der Waals surface area contributed by atoms with Crippen LogP contribution in [-0.4, -0.2) is 46.6 Å². The SMILES string of the molecule is CCOc1cc(C=Nn2c(CC)nc3ccc(Br)cc3c2=O)cc([N+](=O)[O-])c1O[C@@H](C)C(=O)OC. The van der Waals surface area contributed by atoms with Crippen molar-refractivity contribution in [3.8, 4) is 11.5 Å². The van der Waals surface area contributed by atoms with Crippen LogP contribution >= 0.6 is 15.9 Å². The number of halogens is 1. The van der Waals surface area contributed by atoms with Gasteiger partial charge >= 0.3 is 11.7 Å². The quantitative estimate of drug-likeness (QED) is 0.171. The smallest absolute Gasteiger partial charge is 0.346 e. The monoisotopic (exact) mass is 546 g/mol. The first-order valence-corrected chi connectivity index (χ1v) is 11.4. The molecule has 184 valence electrons. The number of aryl methyl sites for hydroxylation is 1. The Kier molecular flexibility index (Phi) is 8.18. The van der Waals surface area contributed by atoms with Crippen LogP contribution in [0.4, 0.5) is 5.69 Å². The summed E-state index contributed by atoms with van der Waals surface area (Å²) in [6.45, 7) is 5.13. The first kappa shape index (κ1) is 25.8. The lowest BCUT2D eigenvalue weighted by Crippen LogP contribution is -2.25. The van der Waals surface area contributed by atoms with Gasteiger partial charge in [-0.15, -0.1) is 0 Å². The third-order valence-electron chi connectivity index (χ3n) is 4.90. The van der Waals surface area contributed by atoms with Crippen molar-refractivity contribution in [3.05, 3.63) is 66.7 Å². The van der Waals surface area contributed by atoms with E-state index in [-0.39, 0.29) is 29.2 Å². The van der Waals surface area contributed by atoms with Gasteiger partial charge in [0.2, 0.25) is 5.75 Å². The summed E-state index contributed by atoms with van der Waals surface area (Å²) in [5.41, 5.74) is 0.00563. The molecule has 0 saturated carbocycles. The normalized spacial score (nSPS) is 12.0. The lowest BCUT2D eigenvalue weighted by molar-refractivity contribution is -0.386. The Balaban J connectivity index is 2.12. The Bertz CT molecular complexity index is 1370. The van der Waals surface area contributed by atoms with E-state index >= 15 is 0 Å². The van der Waals surface area contributed by atoms with Gasteiger partial charge in [0.05, 0.1) is 35.8 Å². The summed E-state index contributed by atoms with van der Waals surface area (Å²) in [4.78, 5) is 40.5. The van der Waals surface area contributed by atoms with Crippen molar-refractivity contribution in [1.29, 1.82) is 0 Å². The number of rotatable bonds is 9. The average molecular weight is 547 g/mol. The molecular weight excluding hydrogens is 524 g/mol. The molecule has 2 aromatic carbocycles. The molecule has 1 atom stereocenters. The number of nitrogens with zero attached hydrogens (tertiary/aromatic N) is 4. The van der Waals surface area contributed by atoms with Gasteiger partial charge in [-0.05, 0) is 38.1 Å². The minimum atomic E-state index is -1.11. The molecule has 0 unspecified atom stereocenters. The van der Waals surface area contributed by atoms with Crippen LogP contribution in [0.1, 0.15) is 32.2 Å². The Morgan fingerprint density at radius 1 is 1.31 bits per heavy atom. The van der Waals surface area contributed by atoms with Gasteiger partial charge in [-0.1, -0.05) is 22.9 Å². The zero-order valence-corrected chi connectivity index (χ0v) is 21.1. The predicted molar refractivity (Wildman–Crippen MR) is 132 cm³/mol. The number of nitro groups is 1. The molecule has 0 aliphatic carbocycles. The molecule has 3 rings (SSSR count). The van der Waals surface area contributed by atoms with E-state index < -0.39 is 22.7 Å². The van der Waals surface area contributed by atoms with Crippen LogP contribution < -0.4 is 15.0 Å². The van der Waals surface area contributed by atoms with E-state index in [0.29, 0.717) is 23.1 Å². The zero-order valence-electron chi connectivity index (χ0n) is 19.5. The Morgan fingerprint density at radius 2 is 2.06 bits per heavy atom. The van der Waals surface area contributed by atoms with Crippen LogP contribution in [0.2, 0.25) is 0 Å². The highest BCUT2D eigenvalue weighted by molar-refractivity contribution is 9.10. The van der Waals surface area contributed by atoms with Crippen LogP contribution in [0.15, 0.2) is 44.7 Å². The first-order valence-electron chi connectivity index (χ1n) is 10.6. The molecule has 0 radical (unpaired) electrons. The van der Waals surface area contributed by atoms with E-state index in [1.807, 2.05) is 6.92 Å². The van der Waals surface area contributed by atoms with Crippen LogP contribution in [-0.2, 0) is 16.0 Å². The molecule has 0 aliphatic rings. The molecule has 0 saturated heterocycles. The van der Waals surface area contributed by atoms with Crippen LogP contribution in [0.5, 0.6) is 11.5 Å². The van der Waals surface area contributed by atoms with Crippen molar-refractivity contribution < 1.29 is 23.9 Å². The Hall–Kier alpha value is -3.80. The van der Waals surface area contributed by atoms with Crippen LogP contribution in [0.3, 0.4) is 0 Å². The maximum Gasteiger partial charge on any atom is 0.346 e. The molecule has 1 aromatic heterocycles. The molecule has 0 bridgehead atoms. The number of hydrogen-bond acceptors (Lipinski definition) is 9. The fraction of sp³-hybridized carbons (Fsp3) is 0.304. The summed E-state index contributed by atoms with van der Waals surface area (Å²) in [7, 11) is 1.19. The van der Waals surface area contributed by atoms with E-state index in [4.69, 9.17) is 9.47 Å². The van der Waals surface area contributed by atoms with E-state index in [9.17, 15) is 19.7 Å². The summed E-state index contributed by atoms with van der Waals surface area (Å²) in [6.07, 6.45) is 0.627. The predicted octanol–water partition coefficient (Wildman–Crippen LogP) is 3.85. The van der Waals surface area contributed by atoms with Crippen LogP contribution in [0, 0.1) is 10.1 Å². The number of fused-ring (bicyclic) bond motifs is 1. The van der Waals surface area contributed by atoms with Crippen LogP contribution in [0.25, 0.3) is 10.9 Å². The van der Waals surface area contributed by atoms with E-state index in [0.717, 1.165) is 9.15 Å². The van der Waals surface area contributed by atoms with E-state index in [2.05, 4.69) is 30.8 Å². The van der Waals surface area contributed by atoms with Crippen molar-refractivity contribution >= 4 is 44.7 Å². The highest BCUT2D eigenvalue weighted by Crippen LogP contribution is 2.39. The number of methoxy groups -OCH3 is 1. The van der Waals surface area contributed by atoms with E-state index in [1.54, 1.807) is 25.1 Å². The second-order valence-electron chi connectivity index (χ2n) is 7.25. The van der Waals surface area contributed by atoms with Gasteiger partial charge in [-0.3, -0.25) is 14.9 Å². The zero-order chi connectivity index (χ0) is 25.7. The number of nitro benzene ring substituents is 1. The number of ether oxygens (including phenoxy) is 3. The lowest BCUT2D eigenvalue weighted by atomic mass is 10.1. The Labute approximate surface area is 208 Å². The topological polar surface area (TPSA) is 135 Å². The van der Waals surface area contributed by atoms with Gasteiger partial charge in [0.25, 0.3) is 5.56 Å². The summed E-state index contributed by atoms with van der Waals surface area (Å²) >= 11 is 3.35.